The molecule has 0 aliphatic carbocycles. The van der Waals surface area contributed by atoms with Crippen LogP contribution in [0.2, 0.25) is 0 Å². The lowest BCUT2D eigenvalue weighted by molar-refractivity contribution is 0.208. The van der Waals surface area contributed by atoms with Gasteiger partial charge in [-0.3, -0.25) is 5.32 Å². The molecule has 0 saturated carbocycles. The fraction of sp³-hybridized carbons (Fsp3) is 0.500. The molecule has 180 valence electrons. The van der Waals surface area contributed by atoms with Crippen LogP contribution in [0, 0.1) is 0 Å². The molecule has 1 aliphatic heterocycles. The highest BCUT2D eigenvalue weighted by atomic mass is 35.5. The number of carbonyl (C=O) groups is 1. The molecule has 0 spiro atoms. The summed E-state index contributed by atoms with van der Waals surface area (Å²) in [4.78, 5) is 25.9. The molecule has 11 heteroatoms. The molecule has 1 aromatic carbocycles. The largest absolute Gasteiger partial charge is 0.497 e. The summed E-state index contributed by atoms with van der Waals surface area (Å²) in [5.41, 5.74) is 2.42. The number of halogens is 2. The second kappa shape index (κ2) is 12.0. The molecule has 1 N–H and O–H groups in total. The van der Waals surface area contributed by atoms with Crippen molar-refractivity contribution >= 4 is 40.7 Å². The van der Waals surface area contributed by atoms with E-state index in [0.717, 1.165) is 22.9 Å². The van der Waals surface area contributed by atoms with Gasteiger partial charge in [0, 0.05) is 74.7 Å². The Labute approximate surface area is 203 Å². The number of methoxy groups -OCH3 is 3. The molecule has 1 aliphatic rings. The Morgan fingerprint density at radius 3 is 2.00 bits per heavy atom. The van der Waals surface area contributed by atoms with Crippen molar-refractivity contribution in [1.29, 1.82) is 0 Å². The van der Waals surface area contributed by atoms with Crippen molar-refractivity contribution in [1.82, 2.24) is 14.9 Å². The molecule has 33 heavy (non-hydrogen) atoms. The zero-order valence-corrected chi connectivity index (χ0v) is 20.6. The number of hydrogen-bond acceptors (Lipinski definition) is 7. The van der Waals surface area contributed by atoms with Gasteiger partial charge in [-0.2, -0.15) is 0 Å². The fourth-order valence-corrected chi connectivity index (χ4v) is 3.97. The molecule has 1 saturated heterocycles. The average Bonchev–Trinajstić information content (AvgIpc) is 2.85. The second-order valence-electron chi connectivity index (χ2n) is 7.33. The van der Waals surface area contributed by atoms with E-state index in [1.165, 1.54) is 7.11 Å². The SMILES string of the molecule is COc1cc(OC)cc(N2CCN(C(=O)Nc3nc(CCCl)c(CCCl)nc3OC)CC2)c1. The number of nitrogens with zero attached hydrogens (tertiary/aromatic N) is 4. The standard InChI is InChI=1S/C22H29Cl2N5O4/c1-31-16-12-15(13-17(14-16)32-2)28-8-10-29(11-9-28)22(30)27-20-21(33-3)26-19(5-7-24)18(25-20)4-6-23/h12-14H,4-11H2,1-3H3,(H,25,27,30). The van der Waals surface area contributed by atoms with Crippen LogP contribution in [0.15, 0.2) is 18.2 Å². The molecule has 0 radical (unpaired) electrons. The Kier molecular flexibility index (Phi) is 9.08. The zero-order valence-electron chi connectivity index (χ0n) is 19.1. The molecule has 9 nitrogen and oxygen atoms in total. The van der Waals surface area contributed by atoms with Crippen LogP contribution < -0.4 is 24.4 Å². The summed E-state index contributed by atoms with van der Waals surface area (Å²) in [6.07, 6.45) is 1.07. The summed E-state index contributed by atoms with van der Waals surface area (Å²) in [6.45, 7) is 2.41. The maximum atomic E-state index is 12.9. The first-order chi connectivity index (χ1) is 16.0. The van der Waals surface area contributed by atoms with Gasteiger partial charge in [0.25, 0.3) is 5.88 Å². The molecule has 0 bridgehead atoms. The minimum atomic E-state index is -0.257. The molecule has 0 atom stereocenters. The number of carbonyl (C=O) groups excluding carboxylic acids is 1. The first kappa shape index (κ1) is 25.0. The quantitative estimate of drug-likeness (QED) is 0.530. The number of ether oxygens (including phenoxy) is 3. The van der Waals surface area contributed by atoms with Crippen molar-refractivity contribution in [2.24, 2.45) is 0 Å². The van der Waals surface area contributed by atoms with E-state index < -0.39 is 0 Å². The van der Waals surface area contributed by atoms with Crippen LogP contribution in [-0.4, -0.2) is 80.2 Å². The number of aryl methyl sites for hydroxylation is 2. The fourth-order valence-electron chi connectivity index (χ4n) is 3.61. The first-order valence-corrected chi connectivity index (χ1v) is 11.7. The molecule has 3 rings (SSSR count). The van der Waals surface area contributed by atoms with E-state index >= 15 is 0 Å². The minimum Gasteiger partial charge on any atom is -0.497 e. The van der Waals surface area contributed by atoms with Crippen LogP contribution in [0.5, 0.6) is 17.4 Å². The lowest BCUT2D eigenvalue weighted by Crippen LogP contribution is -2.50. The van der Waals surface area contributed by atoms with Gasteiger partial charge in [0.15, 0.2) is 5.82 Å². The normalized spacial score (nSPS) is 13.6. The number of anilines is 2. The van der Waals surface area contributed by atoms with Crippen LogP contribution in [0.3, 0.4) is 0 Å². The number of urea groups is 1. The molecule has 1 aromatic heterocycles. The summed E-state index contributed by atoms with van der Waals surface area (Å²) in [7, 11) is 4.74. The van der Waals surface area contributed by atoms with E-state index in [1.807, 2.05) is 18.2 Å². The Balaban J connectivity index is 1.68. The number of aromatic nitrogens is 2. The lowest BCUT2D eigenvalue weighted by atomic mass is 10.2. The third kappa shape index (κ3) is 6.23. The van der Waals surface area contributed by atoms with Gasteiger partial charge in [0.05, 0.1) is 32.7 Å². The van der Waals surface area contributed by atoms with Crippen molar-refractivity contribution < 1.29 is 19.0 Å². The van der Waals surface area contributed by atoms with Crippen LogP contribution in [0.1, 0.15) is 11.4 Å². The molecule has 2 amide bonds. The predicted octanol–water partition coefficient (Wildman–Crippen LogP) is 3.42. The van der Waals surface area contributed by atoms with Crippen molar-refractivity contribution in [3.05, 3.63) is 29.6 Å². The van der Waals surface area contributed by atoms with E-state index in [-0.39, 0.29) is 17.7 Å². The van der Waals surface area contributed by atoms with Crippen LogP contribution in [0.4, 0.5) is 16.3 Å². The highest BCUT2D eigenvalue weighted by molar-refractivity contribution is 6.18. The van der Waals surface area contributed by atoms with Crippen molar-refractivity contribution in [3.63, 3.8) is 0 Å². The van der Waals surface area contributed by atoms with Gasteiger partial charge < -0.3 is 24.0 Å². The van der Waals surface area contributed by atoms with Crippen molar-refractivity contribution in [2.75, 3.05) is 69.5 Å². The first-order valence-electron chi connectivity index (χ1n) is 10.6. The highest BCUT2D eigenvalue weighted by Crippen LogP contribution is 2.29. The minimum absolute atomic E-state index is 0.254. The molecule has 1 fully saturated rings. The summed E-state index contributed by atoms with van der Waals surface area (Å²) < 4.78 is 16.1. The van der Waals surface area contributed by atoms with Gasteiger partial charge in [-0.1, -0.05) is 0 Å². The molecule has 0 unspecified atom stereocenters. The predicted molar refractivity (Wildman–Crippen MR) is 130 cm³/mol. The Hall–Kier alpha value is -2.65. The highest BCUT2D eigenvalue weighted by Gasteiger charge is 2.24. The van der Waals surface area contributed by atoms with Crippen LogP contribution in [0.25, 0.3) is 0 Å². The second-order valence-corrected chi connectivity index (χ2v) is 8.08. The van der Waals surface area contributed by atoms with Gasteiger partial charge in [-0.15, -0.1) is 23.2 Å². The van der Waals surface area contributed by atoms with Crippen molar-refractivity contribution in [2.45, 2.75) is 12.8 Å². The maximum Gasteiger partial charge on any atom is 0.323 e. The third-order valence-corrected chi connectivity index (χ3v) is 5.75. The topological polar surface area (TPSA) is 89.1 Å². The van der Waals surface area contributed by atoms with E-state index in [1.54, 1.807) is 19.1 Å². The van der Waals surface area contributed by atoms with Crippen LogP contribution in [-0.2, 0) is 12.8 Å². The van der Waals surface area contributed by atoms with Gasteiger partial charge in [-0.05, 0) is 0 Å². The Morgan fingerprint density at radius 1 is 0.909 bits per heavy atom. The number of piperazine rings is 1. The summed E-state index contributed by atoms with van der Waals surface area (Å²) in [5, 5.41) is 2.84. The van der Waals surface area contributed by atoms with Crippen LogP contribution >= 0.6 is 23.2 Å². The van der Waals surface area contributed by atoms with E-state index in [4.69, 9.17) is 37.4 Å². The molecule has 2 aromatic rings. The Morgan fingerprint density at radius 2 is 1.48 bits per heavy atom. The monoisotopic (exact) mass is 497 g/mol. The van der Waals surface area contributed by atoms with Gasteiger partial charge in [-0.25, -0.2) is 14.8 Å². The number of benzene rings is 1. The lowest BCUT2D eigenvalue weighted by Gasteiger charge is -2.36. The zero-order chi connectivity index (χ0) is 23.8. The molecular weight excluding hydrogens is 469 g/mol. The van der Waals surface area contributed by atoms with E-state index in [2.05, 4.69) is 20.2 Å². The smallest absolute Gasteiger partial charge is 0.323 e. The summed E-state index contributed by atoms with van der Waals surface area (Å²) in [5.74, 6) is 2.77. The molecular formula is C22H29Cl2N5O4. The van der Waals surface area contributed by atoms with Gasteiger partial charge in [0.2, 0.25) is 0 Å². The number of hydrogen-bond donors (Lipinski definition) is 1. The summed E-state index contributed by atoms with van der Waals surface area (Å²) >= 11 is 11.8. The van der Waals surface area contributed by atoms with Gasteiger partial charge in [0.1, 0.15) is 11.5 Å². The third-order valence-electron chi connectivity index (χ3n) is 5.37. The number of rotatable bonds is 9. The maximum absolute atomic E-state index is 12.9. The number of nitrogens with one attached hydrogen (secondary N) is 1. The number of amides is 2. The van der Waals surface area contributed by atoms with Crippen molar-refractivity contribution in [3.8, 4) is 17.4 Å². The molecule has 2 heterocycles. The Bertz CT molecular complexity index is 932. The van der Waals surface area contributed by atoms with E-state index in [9.17, 15) is 4.79 Å². The summed E-state index contributed by atoms with van der Waals surface area (Å²) in [6, 6.07) is 5.49. The average molecular weight is 498 g/mol. The van der Waals surface area contributed by atoms with E-state index in [0.29, 0.717) is 56.5 Å². The number of alkyl halides is 2. The van der Waals surface area contributed by atoms with Gasteiger partial charge >= 0.3 is 6.03 Å².